The van der Waals surface area contributed by atoms with Gasteiger partial charge in [-0.2, -0.15) is 0 Å². The van der Waals surface area contributed by atoms with Gasteiger partial charge in [-0.3, -0.25) is 14.2 Å². The van der Waals surface area contributed by atoms with Crippen LogP contribution in [0.4, 0.5) is 5.69 Å². The van der Waals surface area contributed by atoms with Gasteiger partial charge in [-0.15, -0.1) is 0 Å². The number of carbonyl (C=O) groups excluding carboxylic acids is 1. The van der Waals surface area contributed by atoms with E-state index in [1.165, 1.54) is 40.1 Å². The molecule has 3 aromatic carbocycles. The van der Waals surface area contributed by atoms with Crippen LogP contribution in [0, 0.1) is 4.77 Å². The second-order valence-electron chi connectivity index (χ2n) is 7.74. The Labute approximate surface area is 217 Å². The third kappa shape index (κ3) is 4.81. The number of amides is 1. The van der Waals surface area contributed by atoms with E-state index < -0.39 is 5.91 Å². The first-order valence-corrected chi connectivity index (χ1v) is 11.4. The minimum atomic E-state index is -0.403. The molecule has 4 aromatic rings. The molecule has 0 saturated heterocycles. The van der Waals surface area contributed by atoms with E-state index in [1.54, 1.807) is 48.5 Å². The highest BCUT2D eigenvalue weighted by atomic mass is 32.1. The lowest BCUT2D eigenvalue weighted by atomic mass is 10.1. The fourth-order valence-corrected chi connectivity index (χ4v) is 4.21. The number of benzene rings is 3. The van der Waals surface area contributed by atoms with Crippen LogP contribution in [0.15, 0.2) is 53.3 Å². The van der Waals surface area contributed by atoms with Gasteiger partial charge in [-0.1, -0.05) is 0 Å². The predicted molar refractivity (Wildman–Crippen MR) is 142 cm³/mol. The molecule has 0 aliphatic carbocycles. The SMILES string of the molecule is COc1ccc(-n2c(=S)[nH]c3cc(C(=O)Nc4cc(OC)c(OC)c(OC)c4)ccc3c2=O)cc1OC. The zero-order chi connectivity index (χ0) is 26.7. The minimum Gasteiger partial charge on any atom is -0.493 e. The average Bonchev–Trinajstić information content (AvgIpc) is 2.91. The van der Waals surface area contributed by atoms with Crippen LogP contribution in [-0.2, 0) is 0 Å². The molecule has 0 spiro atoms. The third-order valence-corrected chi connectivity index (χ3v) is 5.99. The Kier molecular flexibility index (Phi) is 7.35. The van der Waals surface area contributed by atoms with Crippen molar-refractivity contribution in [3.05, 3.63) is 69.2 Å². The van der Waals surface area contributed by atoms with Crippen LogP contribution >= 0.6 is 12.2 Å². The Morgan fingerprint density at radius 1 is 0.811 bits per heavy atom. The van der Waals surface area contributed by atoms with Gasteiger partial charge >= 0.3 is 0 Å². The highest BCUT2D eigenvalue weighted by Crippen LogP contribution is 2.40. The lowest BCUT2D eigenvalue weighted by Crippen LogP contribution is -2.21. The number of ether oxygens (including phenoxy) is 5. The molecule has 0 saturated carbocycles. The van der Waals surface area contributed by atoms with Crippen molar-refractivity contribution in [3.8, 4) is 34.4 Å². The van der Waals surface area contributed by atoms with Crippen LogP contribution in [0.2, 0.25) is 0 Å². The lowest BCUT2D eigenvalue weighted by molar-refractivity contribution is 0.102. The summed E-state index contributed by atoms with van der Waals surface area (Å²) in [5, 5.41) is 3.16. The number of aromatic amines is 1. The summed E-state index contributed by atoms with van der Waals surface area (Å²) in [6, 6.07) is 13.0. The lowest BCUT2D eigenvalue weighted by Gasteiger charge is -2.15. The number of carbonyl (C=O) groups is 1. The molecule has 0 bridgehead atoms. The number of hydrogen-bond acceptors (Lipinski definition) is 8. The average molecular weight is 524 g/mol. The van der Waals surface area contributed by atoms with Crippen molar-refractivity contribution >= 4 is 34.7 Å². The van der Waals surface area contributed by atoms with Gasteiger partial charge in [0.15, 0.2) is 27.8 Å². The Hall–Kier alpha value is -4.51. The quantitative estimate of drug-likeness (QED) is 0.328. The Morgan fingerprint density at radius 2 is 1.46 bits per heavy atom. The van der Waals surface area contributed by atoms with Gasteiger partial charge in [0.05, 0.1) is 52.1 Å². The molecule has 11 heteroatoms. The highest BCUT2D eigenvalue weighted by molar-refractivity contribution is 7.71. The summed E-state index contributed by atoms with van der Waals surface area (Å²) in [6.07, 6.45) is 0. The minimum absolute atomic E-state index is 0.159. The molecule has 2 N–H and O–H groups in total. The number of aromatic nitrogens is 2. The molecule has 37 heavy (non-hydrogen) atoms. The van der Waals surface area contributed by atoms with E-state index in [0.29, 0.717) is 56.6 Å². The smallest absolute Gasteiger partial charge is 0.266 e. The summed E-state index contributed by atoms with van der Waals surface area (Å²) < 4.78 is 28.1. The van der Waals surface area contributed by atoms with Crippen molar-refractivity contribution in [1.82, 2.24) is 9.55 Å². The maximum Gasteiger partial charge on any atom is 0.266 e. The van der Waals surface area contributed by atoms with Crippen molar-refractivity contribution in [1.29, 1.82) is 0 Å². The summed E-state index contributed by atoms with van der Waals surface area (Å²) in [4.78, 5) is 29.4. The van der Waals surface area contributed by atoms with Gasteiger partial charge in [0.1, 0.15) is 0 Å². The Bertz CT molecular complexity index is 1590. The molecule has 0 radical (unpaired) electrons. The monoisotopic (exact) mass is 523 g/mol. The molecule has 1 aromatic heterocycles. The maximum absolute atomic E-state index is 13.3. The van der Waals surface area contributed by atoms with E-state index in [2.05, 4.69) is 10.3 Å². The van der Waals surface area contributed by atoms with Crippen LogP contribution in [0.5, 0.6) is 28.7 Å². The van der Waals surface area contributed by atoms with E-state index in [9.17, 15) is 9.59 Å². The van der Waals surface area contributed by atoms with E-state index in [0.717, 1.165) is 0 Å². The van der Waals surface area contributed by atoms with Crippen LogP contribution in [-0.4, -0.2) is 51.0 Å². The fraction of sp³-hybridized carbons (Fsp3) is 0.192. The van der Waals surface area contributed by atoms with E-state index in [1.807, 2.05) is 0 Å². The number of methoxy groups -OCH3 is 5. The molecular formula is C26H25N3O7S. The topological polar surface area (TPSA) is 113 Å². The molecule has 10 nitrogen and oxygen atoms in total. The number of rotatable bonds is 8. The zero-order valence-electron chi connectivity index (χ0n) is 20.8. The van der Waals surface area contributed by atoms with E-state index in [4.69, 9.17) is 35.9 Å². The van der Waals surface area contributed by atoms with Crippen molar-refractivity contribution in [2.45, 2.75) is 0 Å². The first-order chi connectivity index (χ1) is 17.8. The van der Waals surface area contributed by atoms with Crippen LogP contribution < -0.4 is 34.6 Å². The number of nitrogens with zero attached hydrogens (tertiary/aromatic N) is 1. The Morgan fingerprint density at radius 3 is 2.05 bits per heavy atom. The van der Waals surface area contributed by atoms with E-state index >= 15 is 0 Å². The number of H-pyrrole nitrogens is 1. The van der Waals surface area contributed by atoms with Crippen molar-refractivity contribution in [3.63, 3.8) is 0 Å². The predicted octanol–water partition coefficient (Wildman–Crippen LogP) is 4.34. The molecule has 192 valence electrons. The second kappa shape index (κ2) is 10.6. The van der Waals surface area contributed by atoms with Gasteiger partial charge in [0.25, 0.3) is 11.5 Å². The third-order valence-electron chi connectivity index (χ3n) is 5.71. The largest absolute Gasteiger partial charge is 0.493 e. The molecule has 4 rings (SSSR count). The summed E-state index contributed by atoms with van der Waals surface area (Å²) in [5.41, 5.74) is 1.34. The molecule has 0 aliphatic rings. The number of anilines is 1. The van der Waals surface area contributed by atoms with Gasteiger partial charge in [-0.25, -0.2) is 0 Å². The van der Waals surface area contributed by atoms with Crippen molar-refractivity contribution in [2.24, 2.45) is 0 Å². The van der Waals surface area contributed by atoms with Crippen molar-refractivity contribution in [2.75, 3.05) is 40.9 Å². The summed E-state index contributed by atoms with van der Waals surface area (Å²) in [5.74, 6) is 1.79. The molecule has 0 atom stereocenters. The number of hydrogen-bond donors (Lipinski definition) is 2. The maximum atomic E-state index is 13.3. The van der Waals surface area contributed by atoms with Crippen molar-refractivity contribution < 1.29 is 28.5 Å². The molecule has 0 unspecified atom stereocenters. The number of fused-ring (bicyclic) bond motifs is 1. The fourth-order valence-electron chi connectivity index (χ4n) is 3.91. The molecule has 0 aliphatic heterocycles. The molecular weight excluding hydrogens is 498 g/mol. The highest BCUT2D eigenvalue weighted by Gasteiger charge is 2.17. The van der Waals surface area contributed by atoms with Crippen LogP contribution in [0.3, 0.4) is 0 Å². The molecule has 0 fully saturated rings. The Balaban J connectivity index is 1.71. The summed E-state index contributed by atoms with van der Waals surface area (Å²) in [7, 11) is 7.51. The first-order valence-electron chi connectivity index (χ1n) is 11.0. The second-order valence-corrected chi connectivity index (χ2v) is 8.13. The summed E-state index contributed by atoms with van der Waals surface area (Å²) in [6.45, 7) is 0. The van der Waals surface area contributed by atoms with Crippen LogP contribution in [0.25, 0.3) is 16.6 Å². The van der Waals surface area contributed by atoms with Crippen LogP contribution in [0.1, 0.15) is 10.4 Å². The first kappa shape index (κ1) is 25.6. The van der Waals surface area contributed by atoms with Gasteiger partial charge in [0, 0.05) is 29.4 Å². The van der Waals surface area contributed by atoms with Gasteiger partial charge in [0.2, 0.25) is 5.75 Å². The summed E-state index contributed by atoms with van der Waals surface area (Å²) >= 11 is 5.48. The van der Waals surface area contributed by atoms with Gasteiger partial charge < -0.3 is 34.0 Å². The standard InChI is InChI=1S/C26H25N3O7S/c1-32-19-9-7-16(13-20(19)33-2)29-25(31)17-8-6-14(10-18(17)28-26(29)37)24(30)27-15-11-21(34-3)23(36-5)22(12-15)35-4/h6-13H,1-5H3,(H,27,30)(H,28,37). The normalized spacial score (nSPS) is 10.6. The zero-order valence-corrected chi connectivity index (χ0v) is 21.6. The molecule has 1 amide bonds. The number of nitrogens with one attached hydrogen (secondary N) is 2. The molecule has 1 heterocycles. The van der Waals surface area contributed by atoms with E-state index in [-0.39, 0.29) is 10.3 Å². The van der Waals surface area contributed by atoms with Gasteiger partial charge in [-0.05, 0) is 42.5 Å².